The summed E-state index contributed by atoms with van der Waals surface area (Å²) in [5.41, 5.74) is 2.38. The summed E-state index contributed by atoms with van der Waals surface area (Å²) in [6, 6.07) is 18.9. The Morgan fingerprint density at radius 1 is 1.12 bits per heavy atom. The number of hydrogen-bond donors (Lipinski definition) is 0. The highest BCUT2D eigenvalue weighted by Gasteiger charge is 2.35. The van der Waals surface area contributed by atoms with Crippen molar-refractivity contribution in [1.29, 1.82) is 0 Å². The molecule has 0 radical (unpaired) electrons. The van der Waals surface area contributed by atoms with Crippen LogP contribution in [0.15, 0.2) is 88.3 Å². The lowest BCUT2D eigenvalue weighted by Gasteiger charge is -2.15. The molecule has 1 saturated heterocycles. The van der Waals surface area contributed by atoms with Gasteiger partial charge < -0.3 is 0 Å². The van der Waals surface area contributed by atoms with Crippen LogP contribution in [0.4, 0.5) is 0 Å². The zero-order valence-electron chi connectivity index (χ0n) is 14.5. The van der Waals surface area contributed by atoms with Gasteiger partial charge in [-0.15, -0.1) is 6.58 Å². The van der Waals surface area contributed by atoms with E-state index in [4.69, 9.17) is 0 Å². The van der Waals surface area contributed by atoms with Crippen molar-refractivity contribution in [2.75, 3.05) is 13.1 Å². The first-order valence-corrected chi connectivity index (χ1v) is 10.8. The number of rotatable bonds is 6. The minimum absolute atomic E-state index is 0.0404. The van der Waals surface area contributed by atoms with Crippen molar-refractivity contribution in [2.45, 2.75) is 17.7 Å². The standard InChI is InChI=1S/C21H22BrNO2S/c1-2-18-15-23(26(24,25)19-11-7-4-8-12-19)16-20(18)21(22)14-13-17-9-5-3-6-10-17/h2-12,18H,1,13-16H2/b21-20-. The molecule has 1 unspecified atom stereocenters. The lowest BCUT2D eigenvalue weighted by Crippen LogP contribution is -2.28. The summed E-state index contributed by atoms with van der Waals surface area (Å²) in [5, 5.41) is 0. The van der Waals surface area contributed by atoms with Gasteiger partial charge in [0.15, 0.2) is 0 Å². The molecule has 5 heteroatoms. The summed E-state index contributed by atoms with van der Waals surface area (Å²) in [6.07, 6.45) is 3.61. The minimum atomic E-state index is -3.48. The third-order valence-corrected chi connectivity index (χ3v) is 7.42. The average Bonchev–Trinajstić information content (AvgIpc) is 3.13. The maximum Gasteiger partial charge on any atom is 0.243 e. The van der Waals surface area contributed by atoms with Gasteiger partial charge in [-0.2, -0.15) is 4.31 Å². The molecule has 0 amide bonds. The molecule has 26 heavy (non-hydrogen) atoms. The van der Waals surface area contributed by atoms with Crippen LogP contribution in [0.25, 0.3) is 0 Å². The van der Waals surface area contributed by atoms with Gasteiger partial charge in [-0.25, -0.2) is 8.42 Å². The van der Waals surface area contributed by atoms with E-state index in [2.05, 4.69) is 34.6 Å². The Morgan fingerprint density at radius 2 is 1.73 bits per heavy atom. The van der Waals surface area contributed by atoms with Crippen molar-refractivity contribution in [3.05, 3.63) is 88.9 Å². The second kappa shape index (κ2) is 8.33. The first kappa shape index (κ1) is 19.1. The lowest BCUT2D eigenvalue weighted by atomic mass is 10.0. The smallest absolute Gasteiger partial charge is 0.207 e. The summed E-state index contributed by atoms with van der Waals surface area (Å²) in [7, 11) is -3.48. The maximum atomic E-state index is 12.9. The van der Waals surface area contributed by atoms with Crippen molar-refractivity contribution < 1.29 is 8.42 Å². The van der Waals surface area contributed by atoms with E-state index in [0.717, 1.165) is 22.9 Å². The summed E-state index contributed by atoms with van der Waals surface area (Å²) in [4.78, 5) is 0.337. The Morgan fingerprint density at radius 3 is 2.35 bits per heavy atom. The second-order valence-corrected chi connectivity index (χ2v) is 9.26. The Kier molecular flexibility index (Phi) is 6.12. The van der Waals surface area contributed by atoms with Gasteiger partial charge in [0.25, 0.3) is 0 Å². The van der Waals surface area contributed by atoms with E-state index in [0.29, 0.717) is 18.0 Å². The summed E-state index contributed by atoms with van der Waals surface area (Å²) in [6.45, 7) is 4.75. The number of benzene rings is 2. The normalized spacial score (nSPS) is 20.1. The predicted octanol–water partition coefficient (Wildman–Crippen LogP) is 4.77. The summed E-state index contributed by atoms with van der Waals surface area (Å²) >= 11 is 3.70. The van der Waals surface area contributed by atoms with E-state index in [-0.39, 0.29) is 5.92 Å². The maximum absolute atomic E-state index is 12.9. The molecule has 136 valence electrons. The fourth-order valence-corrected chi connectivity index (χ4v) is 5.27. The van der Waals surface area contributed by atoms with Crippen LogP contribution >= 0.6 is 15.9 Å². The van der Waals surface area contributed by atoms with Gasteiger partial charge in [-0.1, -0.05) is 70.5 Å². The van der Waals surface area contributed by atoms with Gasteiger partial charge in [0.2, 0.25) is 10.0 Å². The molecule has 0 aromatic heterocycles. The number of halogens is 1. The van der Waals surface area contributed by atoms with Gasteiger partial charge in [0.05, 0.1) is 4.90 Å². The monoisotopic (exact) mass is 431 g/mol. The van der Waals surface area contributed by atoms with E-state index in [1.807, 2.05) is 30.3 Å². The van der Waals surface area contributed by atoms with Crippen molar-refractivity contribution >= 4 is 26.0 Å². The molecule has 3 rings (SSSR count). The molecule has 0 bridgehead atoms. The minimum Gasteiger partial charge on any atom is -0.207 e. The lowest BCUT2D eigenvalue weighted by molar-refractivity contribution is 0.471. The van der Waals surface area contributed by atoms with Crippen LogP contribution in [0.3, 0.4) is 0 Å². The Balaban J connectivity index is 1.79. The highest BCUT2D eigenvalue weighted by molar-refractivity contribution is 9.11. The van der Waals surface area contributed by atoms with E-state index in [1.165, 1.54) is 5.56 Å². The van der Waals surface area contributed by atoms with E-state index >= 15 is 0 Å². The second-order valence-electron chi connectivity index (χ2n) is 6.37. The number of nitrogens with zero attached hydrogens (tertiary/aromatic N) is 1. The molecule has 1 fully saturated rings. The molecular weight excluding hydrogens is 410 g/mol. The van der Waals surface area contributed by atoms with Gasteiger partial charge >= 0.3 is 0 Å². The van der Waals surface area contributed by atoms with Crippen molar-refractivity contribution in [2.24, 2.45) is 5.92 Å². The fourth-order valence-electron chi connectivity index (χ4n) is 3.19. The number of aryl methyl sites for hydroxylation is 1. The molecule has 2 aromatic rings. The van der Waals surface area contributed by atoms with Crippen LogP contribution in [0, 0.1) is 5.92 Å². The molecule has 0 N–H and O–H groups in total. The highest BCUT2D eigenvalue weighted by Crippen LogP contribution is 2.34. The zero-order chi connectivity index (χ0) is 18.6. The molecule has 1 heterocycles. The Bertz CT molecular complexity index is 892. The van der Waals surface area contributed by atoms with E-state index < -0.39 is 10.0 Å². The average molecular weight is 432 g/mol. The molecule has 0 aliphatic carbocycles. The third kappa shape index (κ3) is 4.17. The fraction of sp³-hybridized carbons (Fsp3) is 0.238. The van der Waals surface area contributed by atoms with E-state index in [1.54, 1.807) is 28.6 Å². The topological polar surface area (TPSA) is 37.4 Å². The molecular formula is C21H22BrNO2S. The summed E-state index contributed by atoms with van der Waals surface area (Å²) < 4.78 is 28.4. The molecule has 1 atom stereocenters. The van der Waals surface area contributed by atoms with Crippen LogP contribution in [0.1, 0.15) is 12.0 Å². The van der Waals surface area contributed by atoms with Crippen molar-refractivity contribution in [1.82, 2.24) is 4.31 Å². The van der Waals surface area contributed by atoms with Crippen LogP contribution in [0.2, 0.25) is 0 Å². The van der Waals surface area contributed by atoms with Gasteiger partial charge in [-0.05, 0) is 40.6 Å². The number of allylic oxidation sites excluding steroid dienone is 1. The largest absolute Gasteiger partial charge is 0.243 e. The van der Waals surface area contributed by atoms with Crippen LogP contribution in [-0.2, 0) is 16.4 Å². The highest BCUT2D eigenvalue weighted by atomic mass is 79.9. The van der Waals surface area contributed by atoms with Gasteiger partial charge in [0.1, 0.15) is 0 Å². The third-order valence-electron chi connectivity index (χ3n) is 4.68. The van der Waals surface area contributed by atoms with Gasteiger partial charge in [0, 0.05) is 19.0 Å². The number of sulfonamides is 1. The molecule has 3 nitrogen and oxygen atoms in total. The quantitative estimate of drug-likeness (QED) is 0.617. The summed E-state index contributed by atoms with van der Waals surface area (Å²) in [5.74, 6) is 0.0404. The Labute approximate surface area is 164 Å². The van der Waals surface area contributed by atoms with Crippen LogP contribution in [0.5, 0.6) is 0 Å². The SMILES string of the molecule is C=CC1CN(S(=O)(=O)c2ccccc2)C/C1=C(/Br)CCc1ccccc1. The molecule has 2 aromatic carbocycles. The first-order chi connectivity index (χ1) is 12.5. The van der Waals surface area contributed by atoms with Crippen molar-refractivity contribution in [3.8, 4) is 0 Å². The first-order valence-electron chi connectivity index (χ1n) is 8.61. The molecule has 0 spiro atoms. The zero-order valence-corrected chi connectivity index (χ0v) is 16.9. The van der Waals surface area contributed by atoms with Crippen LogP contribution in [-0.4, -0.2) is 25.8 Å². The molecule has 1 aliphatic rings. The van der Waals surface area contributed by atoms with Crippen molar-refractivity contribution in [3.63, 3.8) is 0 Å². The number of hydrogen-bond acceptors (Lipinski definition) is 2. The predicted molar refractivity (Wildman–Crippen MR) is 110 cm³/mol. The van der Waals surface area contributed by atoms with E-state index in [9.17, 15) is 8.42 Å². The Hall–Kier alpha value is -1.69. The van der Waals surface area contributed by atoms with Crippen LogP contribution < -0.4 is 0 Å². The van der Waals surface area contributed by atoms with Gasteiger partial charge in [-0.3, -0.25) is 0 Å². The molecule has 1 aliphatic heterocycles. The molecule has 0 saturated carbocycles.